The van der Waals surface area contributed by atoms with Gasteiger partial charge in [-0.25, -0.2) is 0 Å². The number of fused-ring (bicyclic) bond motifs is 3. The van der Waals surface area contributed by atoms with Crippen LogP contribution in [0.15, 0.2) is 65.5 Å². The molecule has 188 valence electrons. The van der Waals surface area contributed by atoms with Crippen molar-refractivity contribution in [2.45, 2.75) is 0 Å². The Bertz CT molecular complexity index is 1740. The van der Waals surface area contributed by atoms with Gasteiger partial charge in [-0.1, -0.05) is 29.8 Å². The molecule has 5 aromatic rings. The number of benzene rings is 3. The zero-order chi connectivity index (χ0) is 26.3. The molecule has 9 nitrogen and oxygen atoms in total. The van der Waals surface area contributed by atoms with Gasteiger partial charge in [0.05, 0.1) is 37.7 Å². The van der Waals surface area contributed by atoms with Crippen molar-refractivity contribution in [3.05, 3.63) is 81.7 Å². The largest absolute Gasteiger partial charge is 0.497 e. The van der Waals surface area contributed by atoms with E-state index in [-0.39, 0.29) is 5.69 Å². The number of hydrogen-bond acceptors (Lipinski definition) is 6. The third-order valence-electron chi connectivity index (χ3n) is 6.19. The molecule has 1 amide bonds. The van der Waals surface area contributed by atoms with Gasteiger partial charge in [0.2, 0.25) is 0 Å². The molecular weight excluding hydrogens is 496 g/mol. The average molecular weight is 519 g/mol. The highest BCUT2D eigenvalue weighted by Crippen LogP contribution is 2.32. The Morgan fingerprint density at radius 1 is 0.946 bits per heavy atom. The molecule has 0 bridgehead atoms. The Labute approximate surface area is 216 Å². The number of nitrogens with zero attached hydrogens (tertiary/aromatic N) is 3. The number of amides is 1. The summed E-state index contributed by atoms with van der Waals surface area (Å²) >= 11 is 6.34. The number of carbonyl (C=O) groups is 1. The van der Waals surface area contributed by atoms with Crippen molar-refractivity contribution in [2.75, 3.05) is 26.6 Å². The first-order valence-electron chi connectivity index (χ1n) is 11.3. The van der Waals surface area contributed by atoms with Crippen LogP contribution in [0.1, 0.15) is 10.5 Å². The molecule has 1 N–H and O–H groups in total. The van der Waals surface area contributed by atoms with Gasteiger partial charge >= 0.3 is 0 Å². The summed E-state index contributed by atoms with van der Waals surface area (Å²) in [4.78, 5) is 27.5. The van der Waals surface area contributed by atoms with Crippen molar-refractivity contribution < 1.29 is 19.0 Å². The van der Waals surface area contributed by atoms with Gasteiger partial charge < -0.3 is 24.1 Å². The highest BCUT2D eigenvalue weighted by molar-refractivity contribution is 6.32. The fourth-order valence-electron chi connectivity index (χ4n) is 4.39. The maximum absolute atomic E-state index is 13.8. The minimum atomic E-state index is -0.527. The fourth-order valence-corrected chi connectivity index (χ4v) is 4.65. The standard InChI is InChI=1S/C27H23ClN4O5/c1-31-20-8-6-5-7-17(20)23-24(26(33)29-19-14-16(35-2)10-12-22(19)37-4)30-32(27(34)25(23)31)15-9-11-21(36-3)18(28)13-15/h5-14H,1-4H3,(H,29,33). The Morgan fingerprint density at radius 3 is 2.38 bits per heavy atom. The van der Waals surface area contributed by atoms with E-state index in [9.17, 15) is 9.59 Å². The summed E-state index contributed by atoms with van der Waals surface area (Å²) in [5.74, 6) is 0.907. The predicted octanol–water partition coefficient (Wildman–Crippen LogP) is 4.81. The van der Waals surface area contributed by atoms with Crippen LogP contribution in [-0.2, 0) is 7.05 Å². The first-order valence-corrected chi connectivity index (χ1v) is 11.6. The molecule has 0 radical (unpaired) electrons. The number of para-hydroxylation sites is 1. The number of ether oxygens (including phenoxy) is 3. The van der Waals surface area contributed by atoms with Gasteiger partial charge in [0, 0.05) is 29.4 Å². The Hall–Kier alpha value is -4.50. The van der Waals surface area contributed by atoms with Gasteiger partial charge in [0.1, 0.15) is 22.8 Å². The SMILES string of the molecule is COc1ccc(OC)c(NC(=O)c2nn(-c3ccc(OC)c(Cl)c3)c(=O)c3c2c2ccccc2n3C)c1. The Kier molecular flexibility index (Phi) is 6.22. The maximum atomic E-state index is 13.8. The van der Waals surface area contributed by atoms with E-state index >= 15 is 0 Å². The van der Waals surface area contributed by atoms with Crippen LogP contribution in [0.5, 0.6) is 17.2 Å². The summed E-state index contributed by atoms with van der Waals surface area (Å²) < 4.78 is 18.9. The second kappa shape index (κ2) is 9.51. The topological polar surface area (TPSA) is 96.6 Å². The molecule has 0 aliphatic carbocycles. The number of aryl methyl sites for hydroxylation is 1. The molecule has 0 aliphatic heterocycles. The molecule has 0 saturated heterocycles. The van der Waals surface area contributed by atoms with Crippen LogP contribution in [0, 0.1) is 0 Å². The lowest BCUT2D eigenvalue weighted by Crippen LogP contribution is -2.27. The molecule has 0 unspecified atom stereocenters. The van der Waals surface area contributed by atoms with E-state index in [1.165, 1.54) is 26.0 Å². The highest BCUT2D eigenvalue weighted by Gasteiger charge is 2.24. The number of rotatable bonds is 6. The van der Waals surface area contributed by atoms with Gasteiger partial charge in [0.15, 0.2) is 5.69 Å². The average Bonchev–Trinajstić information content (AvgIpc) is 3.21. The van der Waals surface area contributed by atoms with Gasteiger partial charge in [-0.2, -0.15) is 9.78 Å². The van der Waals surface area contributed by atoms with E-state index in [4.69, 9.17) is 25.8 Å². The van der Waals surface area contributed by atoms with E-state index in [1.54, 1.807) is 48.0 Å². The first-order chi connectivity index (χ1) is 17.9. The zero-order valence-electron chi connectivity index (χ0n) is 20.5. The lowest BCUT2D eigenvalue weighted by atomic mass is 10.1. The number of methoxy groups -OCH3 is 3. The molecule has 0 saturated carbocycles. The zero-order valence-corrected chi connectivity index (χ0v) is 21.3. The molecule has 2 heterocycles. The van der Waals surface area contributed by atoms with Crippen LogP contribution in [0.4, 0.5) is 5.69 Å². The van der Waals surface area contributed by atoms with Crippen molar-refractivity contribution in [1.82, 2.24) is 14.3 Å². The number of halogens is 1. The predicted molar refractivity (Wildman–Crippen MR) is 143 cm³/mol. The molecule has 37 heavy (non-hydrogen) atoms. The quantitative estimate of drug-likeness (QED) is 0.346. The third kappa shape index (κ3) is 4.03. The summed E-state index contributed by atoms with van der Waals surface area (Å²) in [5.41, 5.74) is 1.55. The van der Waals surface area contributed by atoms with E-state index in [2.05, 4.69) is 10.4 Å². The summed E-state index contributed by atoms with van der Waals surface area (Å²) in [6.07, 6.45) is 0. The normalized spacial score (nSPS) is 11.1. The molecule has 0 atom stereocenters. The summed E-state index contributed by atoms with van der Waals surface area (Å²) in [7, 11) is 6.32. The molecule has 0 aliphatic rings. The molecule has 3 aromatic carbocycles. The third-order valence-corrected chi connectivity index (χ3v) is 6.48. The van der Waals surface area contributed by atoms with E-state index in [0.717, 1.165) is 10.9 Å². The molecule has 5 rings (SSSR count). The lowest BCUT2D eigenvalue weighted by molar-refractivity contribution is 0.102. The van der Waals surface area contributed by atoms with E-state index in [0.29, 0.717) is 44.5 Å². The van der Waals surface area contributed by atoms with Crippen molar-refractivity contribution in [2.24, 2.45) is 7.05 Å². The smallest absolute Gasteiger partial charge is 0.296 e. The second-order valence-corrected chi connectivity index (χ2v) is 8.61. The number of carbonyl (C=O) groups excluding carboxylic acids is 1. The van der Waals surface area contributed by atoms with Crippen LogP contribution in [0.2, 0.25) is 5.02 Å². The Morgan fingerprint density at radius 2 is 1.68 bits per heavy atom. The van der Waals surface area contributed by atoms with Gasteiger partial charge in [-0.3, -0.25) is 9.59 Å². The van der Waals surface area contributed by atoms with Crippen molar-refractivity contribution in [3.63, 3.8) is 0 Å². The van der Waals surface area contributed by atoms with E-state index < -0.39 is 11.5 Å². The molecule has 0 fully saturated rings. The number of anilines is 1. The monoisotopic (exact) mass is 518 g/mol. The van der Waals surface area contributed by atoms with Crippen molar-refractivity contribution in [1.29, 1.82) is 0 Å². The maximum Gasteiger partial charge on any atom is 0.296 e. The van der Waals surface area contributed by atoms with Gasteiger partial charge in [-0.15, -0.1) is 0 Å². The second-order valence-electron chi connectivity index (χ2n) is 8.20. The van der Waals surface area contributed by atoms with Crippen LogP contribution < -0.4 is 25.1 Å². The number of nitrogens with one attached hydrogen (secondary N) is 1. The lowest BCUT2D eigenvalue weighted by Gasteiger charge is -2.14. The minimum absolute atomic E-state index is 0.0585. The van der Waals surface area contributed by atoms with Gasteiger partial charge in [0.25, 0.3) is 11.5 Å². The first kappa shape index (κ1) is 24.2. The Balaban J connectivity index is 1.78. The van der Waals surface area contributed by atoms with Crippen LogP contribution >= 0.6 is 11.6 Å². The highest BCUT2D eigenvalue weighted by atomic mass is 35.5. The van der Waals surface area contributed by atoms with Crippen LogP contribution in [-0.4, -0.2) is 41.6 Å². The fraction of sp³-hybridized carbons (Fsp3) is 0.148. The van der Waals surface area contributed by atoms with Crippen molar-refractivity contribution in [3.8, 4) is 22.9 Å². The van der Waals surface area contributed by atoms with Crippen LogP contribution in [0.3, 0.4) is 0 Å². The molecule has 0 spiro atoms. The molecular formula is C27H23ClN4O5. The van der Waals surface area contributed by atoms with Crippen molar-refractivity contribution >= 4 is 45.0 Å². The summed E-state index contributed by atoms with van der Waals surface area (Å²) in [5, 5.41) is 8.88. The van der Waals surface area contributed by atoms with Gasteiger partial charge in [-0.05, 0) is 36.4 Å². The van der Waals surface area contributed by atoms with Crippen LogP contribution in [0.25, 0.3) is 27.5 Å². The number of aromatic nitrogens is 3. The molecule has 2 aromatic heterocycles. The number of hydrogen-bond donors (Lipinski definition) is 1. The summed E-state index contributed by atoms with van der Waals surface area (Å²) in [6, 6.07) is 17.4. The van der Waals surface area contributed by atoms with E-state index in [1.807, 2.05) is 24.3 Å². The summed E-state index contributed by atoms with van der Waals surface area (Å²) in [6.45, 7) is 0. The minimum Gasteiger partial charge on any atom is -0.497 e. The molecule has 10 heteroatoms.